The van der Waals surface area contributed by atoms with Gasteiger partial charge < -0.3 is 8.92 Å². The molecule has 7 nitrogen and oxygen atoms in total. The minimum Gasteiger partial charge on any atom is -0.493 e. The van der Waals surface area contributed by atoms with Crippen molar-refractivity contribution in [1.29, 1.82) is 0 Å². The minimum atomic E-state index is -4.18. The topological polar surface area (TPSA) is 90.0 Å². The van der Waals surface area contributed by atoms with Gasteiger partial charge in [-0.3, -0.25) is 14.5 Å². The molecule has 0 aromatic heterocycles. The van der Waals surface area contributed by atoms with Crippen LogP contribution in [0.3, 0.4) is 0 Å². The monoisotopic (exact) mass is 565 g/mol. The lowest BCUT2D eigenvalue weighted by atomic mass is 10.1. The number of carbonyl (C=O) groups excluding carboxylic acids is 2. The first-order valence-corrected chi connectivity index (χ1v) is 13.9. The maximum atomic E-state index is 13.1. The number of halogens is 1. The van der Waals surface area contributed by atoms with E-state index in [1.165, 1.54) is 54.5 Å². The van der Waals surface area contributed by atoms with Crippen LogP contribution in [-0.2, 0) is 21.5 Å². The Hall–Kier alpha value is -3.79. The summed E-state index contributed by atoms with van der Waals surface area (Å²) in [4.78, 5) is 27.1. The van der Waals surface area contributed by atoms with E-state index >= 15 is 0 Å². The smallest absolute Gasteiger partial charge is 0.339 e. The summed E-state index contributed by atoms with van der Waals surface area (Å²) in [6.45, 7) is 0.142. The van der Waals surface area contributed by atoms with Gasteiger partial charge in [-0.2, -0.15) is 8.42 Å². The molecule has 0 spiro atoms. The Bertz CT molecular complexity index is 1700. The lowest BCUT2D eigenvalue weighted by Gasteiger charge is -2.13. The summed E-state index contributed by atoms with van der Waals surface area (Å²) in [5.74, 6) is -0.309. The van der Waals surface area contributed by atoms with Gasteiger partial charge in [0, 0.05) is 5.02 Å². The van der Waals surface area contributed by atoms with E-state index in [0.29, 0.717) is 10.6 Å². The van der Waals surface area contributed by atoms with E-state index in [9.17, 15) is 18.0 Å². The number of methoxy groups -OCH3 is 1. The van der Waals surface area contributed by atoms with Crippen molar-refractivity contribution < 1.29 is 26.9 Å². The molecular weight excluding hydrogens is 546 g/mol. The van der Waals surface area contributed by atoms with Gasteiger partial charge in [0.05, 0.1) is 18.6 Å². The van der Waals surface area contributed by atoms with Gasteiger partial charge in [0.1, 0.15) is 4.90 Å². The predicted octanol–water partition coefficient (Wildman–Crippen LogP) is 6.51. The van der Waals surface area contributed by atoms with Crippen LogP contribution >= 0.6 is 23.4 Å². The zero-order valence-corrected chi connectivity index (χ0v) is 22.3. The highest BCUT2D eigenvalue weighted by Gasteiger charge is 2.35. The highest BCUT2D eigenvalue weighted by molar-refractivity contribution is 8.18. The number of rotatable bonds is 7. The normalized spacial score (nSPS) is 14.9. The molecule has 0 saturated carbocycles. The van der Waals surface area contributed by atoms with Crippen LogP contribution < -0.4 is 8.92 Å². The summed E-state index contributed by atoms with van der Waals surface area (Å²) in [5, 5.41) is 2.09. The number of hydrogen-bond donors (Lipinski definition) is 0. The van der Waals surface area contributed by atoms with Crippen LogP contribution in [-0.4, -0.2) is 31.6 Å². The number of amides is 2. The van der Waals surface area contributed by atoms with Crippen LogP contribution in [0.15, 0.2) is 94.7 Å². The molecule has 10 heteroatoms. The number of benzene rings is 4. The summed E-state index contributed by atoms with van der Waals surface area (Å²) in [6, 6.07) is 23.8. The number of nitrogens with zero attached hydrogens (tertiary/aromatic N) is 1. The fraction of sp³-hybridized carbons (Fsp3) is 0.0714. The van der Waals surface area contributed by atoms with Crippen molar-refractivity contribution in [2.75, 3.05) is 7.11 Å². The first-order valence-electron chi connectivity index (χ1n) is 11.3. The van der Waals surface area contributed by atoms with E-state index < -0.39 is 16.0 Å². The Morgan fingerprint density at radius 2 is 1.63 bits per heavy atom. The molecule has 0 unspecified atom stereocenters. The van der Waals surface area contributed by atoms with E-state index in [0.717, 1.165) is 28.1 Å². The molecule has 1 aliphatic heterocycles. The fourth-order valence-corrected chi connectivity index (χ4v) is 5.82. The molecule has 0 bridgehead atoms. The average molecular weight is 566 g/mol. The van der Waals surface area contributed by atoms with Crippen LogP contribution in [0.4, 0.5) is 4.79 Å². The average Bonchev–Trinajstić information content (AvgIpc) is 3.16. The molecule has 192 valence electrons. The SMILES string of the molecule is COc1ccc(/C=C2\SC(=O)N(Cc3ccc4ccccc4c3)C2=O)cc1OS(=O)(=O)c1ccc(Cl)cc1. The molecule has 4 aromatic rings. The minimum absolute atomic E-state index is 0.0633. The largest absolute Gasteiger partial charge is 0.493 e. The van der Waals surface area contributed by atoms with Gasteiger partial charge >= 0.3 is 10.1 Å². The number of hydrogen-bond acceptors (Lipinski definition) is 7. The second-order valence-corrected chi connectivity index (χ2v) is 11.3. The van der Waals surface area contributed by atoms with E-state index in [1.54, 1.807) is 6.07 Å². The first-order chi connectivity index (χ1) is 18.2. The molecule has 1 heterocycles. The number of imide groups is 1. The maximum Gasteiger partial charge on any atom is 0.339 e. The Morgan fingerprint density at radius 1 is 0.895 bits per heavy atom. The van der Waals surface area contributed by atoms with Crippen LogP contribution in [0, 0.1) is 0 Å². The summed E-state index contributed by atoms with van der Waals surface area (Å²) < 4.78 is 36.2. The number of thioether (sulfide) groups is 1. The van der Waals surface area contributed by atoms with Gasteiger partial charge in [0.15, 0.2) is 11.5 Å². The molecule has 1 saturated heterocycles. The molecule has 1 fully saturated rings. The molecule has 0 atom stereocenters. The highest BCUT2D eigenvalue weighted by Crippen LogP contribution is 2.36. The molecule has 5 rings (SSSR count). The third-order valence-electron chi connectivity index (χ3n) is 5.82. The molecule has 2 amide bonds. The van der Waals surface area contributed by atoms with Crippen molar-refractivity contribution >= 4 is 61.5 Å². The maximum absolute atomic E-state index is 13.1. The standard InChI is InChI=1S/C28H20ClNO6S2/c1-35-24-13-7-18(15-25(24)36-38(33,34)23-11-9-22(29)10-12-23)16-26-27(31)30(28(32)37-26)17-19-6-8-20-4-2-3-5-21(20)14-19/h2-16H,17H2,1H3/b26-16-. The first kappa shape index (κ1) is 25.8. The molecule has 38 heavy (non-hydrogen) atoms. The predicted molar refractivity (Wildman–Crippen MR) is 148 cm³/mol. The Kier molecular flexibility index (Phi) is 7.16. The second-order valence-electron chi connectivity index (χ2n) is 8.35. The van der Waals surface area contributed by atoms with Crippen molar-refractivity contribution in [1.82, 2.24) is 4.90 Å². The second kappa shape index (κ2) is 10.5. The fourth-order valence-electron chi connectivity index (χ4n) is 3.92. The van der Waals surface area contributed by atoms with Crippen LogP contribution in [0.1, 0.15) is 11.1 Å². The molecule has 1 aliphatic rings. The van der Waals surface area contributed by atoms with Gasteiger partial charge in [-0.25, -0.2) is 0 Å². The van der Waals surface area contributed by atoms with Crippen molar-refractivity contribution in [3.63, 3.8) is 0 Å². The molecular formula is C28H20ClNO6S2. The van der Waals surface area contributed by atoms with Crippen molar-refractivity contribution in [2.45, 2.75) is 11.4 Å². The summed E-state index contributed by atoms with van der Waals surface area (Å²) in [5.41, 5.74) is 1.29. The zero-order chi connectivity index (χ0) is 26.9. The van der Waals surface area contributed by atoms with E-state index in [1.807, 2.05) is 42.5 Å². The van der Waals surface area contributed by atoms with Crippen LogP contribution in [0.5, 0.6) is 11.5 Å². The van der Waals surface area contributed by atoms with Crippen LogP contribution in [0.2, 0.25) is 5.02 Å². The number of carbonyl (C=O) groups is 2. The van der Waals surface area contributed by atoms with Crippen molar-refractivity contribution in [3.05, 3.63) is 106 Å². The highest BCUT2D eigenvalue weighted by atomic mass is 35.5. The van der Waals surface area contributed by atoms with E-state index in [-0.39, 0.29) is 33.1 Å². The summed E-state index contributed by atoms with van der Waals surface area (Å²) >= 11 is 6.68. The lowest BCUT2D eigenvalue weighted by molar-refractivity contribution is -0.123. The quantitative estimate of drug-likeness (QED) is 0.186. The summed E-state index contributed by atoms with van der Waals surface area (Å²) in [6.07, 6.45) is 1.52. The Morgan fingerprint density at radius 3 is 2.37 bits per heavy atom. The van der Waals surface area contributed by atoms with Gasteiger partial charge in [-0.1, -0.05) is 54.1 Å². The third kappa shape index (κ3) is 5.40. The van der Waals surface area contributed by atoms with Crippen LogP contribution in [0.25, 0.3) is 16.8 Å². The lowest BCUT2D eigenvalue weighted by Crippen LogP contribution is -2.27. The molecule has 0 radical (unpaired) electrons. The Balaban J connectivity index is 1.38. The van der Waals surface area contributed by atoms with E-state index in [4.69, 9.17) is 20.5 Å². The van der Waals surface area contributed by atoms with Gasteiger partial charge in [0.2, 0.25) is 0 Å². The number of ether oxygens (including phenoxy) is 1. The van der Waals surface area contributed by atoms with E-state index in [2.05, 4.69) is 0 Å². The van der Waals surface area contributed by atoms with Crippen molar-refractivity contribution in [3.8, 4) is 11.5 Å². The molecule has 0 N–H and O–H groups in total. The number of fused-ring (bicyclic) bond motifs is 1. The molecule has 0 aliphatic carbocycles. The molecule has 4 aromatic carbocycles. The van der Waals surface area contributed by atoms with Crippen molar-refractivity contribution in [2.24, 2.45) is 0 Å². The Labute approximate surface area is 228 Å². The van der Waals surface area contributed by atoms with Gasteiger partial charge in [-0.05, 0) is 82.2 Å². The van der Waals surface area contributed by atoms with Gasteiger partial charge in [-0.15, -0.1) is 0 Å². The summed E-state index contributed by atoms with van der Waals surface area (Å²) in [7, 11) is -2.80. The van der Waals surface area contributed by atoms with Gasteiger partial charge in [0.25, 0.3) is 11.1 Å². The zero-order valence-electron chi connectivity index (χ0n) is 20.0. The third-order valence-corrected chi connectivity index (χ3v) is 8.22.